The first-order valence-corrected chi connectivity index (χ1v) is 10.4. The lowest BCUT2D eigenvalue weighted by Gasteiger charge is -2.09. The molecule has 0 fully saturated rings. The molecule has 0 saturated carbocycles. The van der Waals surface area contributed by atoms with E-state index in [-0.39, 0.29) is 16.1 Å². The molecule has 0 aliphatic rings. The maximum atomic E-state index is 12.3. The van der Waals surface area contributed by atoms with E-state index >= 15 is 0 Å². The van der Waals surface area contributed by atoms with Crippen LogP contribution in [0.15, 0.2) is 71.6 Å². The van der Waals surface area contributed by atoms with Gasteiger partial charge in [0.05, 0.1) is 21.8 Å². The van der Waals surface area contributed by atoms with Gasteiger partial charge in [-0.2, -0.15) is 0 Å². The molecule has 3 rings (SSSR count). The lowest BCUT2D eigenvalue weighted by molar-refractivity contribution is -0.119. The van der Waals surface area contributed by atoms with E-state index in [1.807, 2.05) is 30.3 Å². The van der Waals surface area contributed by atoms with Gasteiger partial charge in [-0.3, -0.25) is 9.78 Å². The minimum atomic E-state index is -3.89. The van der Waals surface area contributed by atoms with E-state index in [0.717, 1.165) is 11.3 Å². The van der Waals surface area contributed by atoms with Crippen molar-refractivity contribution in [1.29, 1.82) is 0 Å². The first kappa shape index (κ1) is 21.2. The van der Waals surface area contributed by atoms with Crippen LogP contribution in [0.2, 0.25) is 0 Å². The molecule has 8 nitrogen and oxygen atoms in total. The number of amides is 1. The van der Waals surface area contributed by atoms with Gasteiger partial charge in [-0.25, -0.2) is 18.4 Å². The van der Waals surface area contributed by atoms with Gasteiger partial charge < -0.3 is 10.1 Å². The number of benzene rings is 2. The molecule has 0 unspecified atom stereocenters. The predicted molar refractivity (Wildman–Crippen MR) is 111 cm³/mol. The molecule has 0 saturated heterocycles. The molecule has 0 aliphatic heterocycles. The number of hydrogen-bond acceptors (Lipinski definition) is 6. The Morgan fingerprint density at radius 3 is 2.43 bits per heavy atom. The number of carbonyl (C=O) groups is 2. The van der Waals surface area contributed by atoms with Crippen LogP contribution in [0.3, 0.4) is 0 Å². The molecular weight excluding hydrogens is 406 g/mol. The second kappa shape index (κ2) is 8.85. The van der Waals surface area contributed by atoms with Crippen LogP contribution in [0, 0.1) is 6.92 Å². The SMILES string of the molecule is Cc1nc(-c2ccccc2)ccc1C(=O)OCC(=O)Nc1cccc(S(N)(=O)=O)c1. The minimum Gasteiger partial charge on any atom is -0.452 e. The molecule has 1 aromatic heterocycles. The number of carbonyl (C=O) groups excluding carboxylic acids is 2. The van der Waals surface area contributed by atoms with Crippen molar-refractivity contribution in [3.63, 3.8) is 0 Å². The summed E-state index contributed by atoms with van der Waals surface area (Å²) in [5, 5.41) is 7.52. The second-order valence-electron chi connectivity index (χ2n) is 6.39. The zero-order valence-corrected chi connectivity index (χ0v) is 16.8. The average Bonchev–Trinajstić information content (AvgIpc) is 2.72. The third kappa shape index (κ3) is 5.28. The van der Waals surface area contributed by atoms with E-state index in [1.165, 1.54) is 24.3 Å². The van der Waals surface area contributed by atoms with Crippen molar-refractivity contribution in [2.45, 2.75) is 11.8 Å². The Labute approximate surface area is 173 Å². The molecule has 0 radical (unpaired) electrons. The highest BCUT2D eigenvalue weighted by Crippen LogP contribution is 2.19. The van der Waals surface area contributed by atoms with Crippen LogP contribution in [-0.2, 0) is 19.6 Å². The summed E-state index contributed by atoms with van der Waals surface area (Å²) in [5.74, 6) is -1.31. The summed E-state index contributed by atoms with van der Waals surface area (Å²) in [4.78, 5) is 28.6. The lowest BCUT2D eigenvalue weighted by Crippen LogP contribution is -2.21. The predicted octanol–water partition coefficient (Wildman–Crippen LogP) is 2.50. The summed E-state index contributed by atoms with van der Waals surface area (Å²) in [5.41, 5.74) is 2.58. The fraction of sp³-hybridized carbons (Fsp3) is 0.0952. The standard InChI is InChI=1S/C21H19N3O5S/c1-14-18(10-11-19(23-14)15-6-3-2-4-7-15)21(26)29-13-20(25)24-16-8-5-9-17(12-16)30(22,27)28/h2-12H,13H2,1H3,(H,24,25)(H2,22,27,28). The van der Waals surface area contributed by atoms with Gasteiger partial charge in [0.1, 0.15) is 0 Å². The van der Waals surface area contributed by atoms with Crippen LogP contribution in [0.1, 0.15) is 16.1 Å². The van der Waals surface area contributed by atoms with Crippen LogP contribution in [0.4, 0.5) is 5.69 Å². The van der Waals surface area contributed by atoms with Crippen LogP contribution in [0.25, 0.3) is 11.3 Å². The van der Waals surface area contributed by atoms with Crippen molar-refractivity contribution >= 4 is 27.6 Å². The highest BCUT2D eigenvalue weighted by molar-refractivity contribution is 7.89. The van der Waals surface area contributed by atoms with Crippen molar-refractivity contribution in [2.75, 3.05) is 11.9 Å². The van der Waals surface area contributed by atoms with E-state index in [1.54, 1.807) is 19.1 Å². The van der Waals surface area contributed by atoms with E-state index < -0.39 is 28.5 Å². The molecule has 0 bridgehead atoms. The molecule has 1 amide bonds. The smallest absolute Gasteiger partial charge is 0.340 e. The normalized spacial score (nSPS) is 11.0. The summed E-state index contributed by atoms with van der Waals surface area (Å²) in [6.07, 6.45) is 0. The largest absolute Gasteiger partial charge is 0.452 e. The van der Waals surface area contributed by atoms with E-state index in [2.05, 4.69) is 10.3 Å². The topological polar surface area (TPSA) is 128 Å². The number of aryl methyl sites for hydroxylation is 1. The number of nitrogens with zero attached hydrogens (tertiary/aromatic N) is 1. The van der Waals surface area contributed by atoms with Crippen LogP contribution < -0.4 is 10.5 Å². The summed E-state index contributed by atoms with van der Waals surface area (Å²) >= 11 is 0. The molecule has 154 valence electrons. The lowest BCUT2D eigenvalue weighted by atomic mass is 10.1. The molecular formula is C21H19N3O5S. The third-order valence-electron chi connectivity index (χ3n) is 4.16. The summed E-state index contributed by atoms with van der Waals surface area (Å²) < 4.78 is 27.8. The number of nitrogens with two attached hydrogens (primary N) is 1. The number of aromatic nitrogens is 1. The average molecular weight is 425 g/mol. The number of anilines is 1. The van der Waals surface area contributed by atoms with E-state index in [9.17, 15) is 18.0 Å². The first-order valence-electron chi connectivity index (χ1n) is 8.87. The number of ether oxygens (including phenoxy) is 1. The highest BCUT2D eigenvalue weighted by Gasteiger charge is 2.15. The van der Waals surface area contributed by atoms with Crippen molar-refractivity contribution in [2.24, 2.45) is 5.14 Å². The van der Waals surface area contributed by atoms with Gasteiger partial charge in [-0.15, -0.1) is 0 Å². The number of primary sulfonamides is 1. The monoisotopic (exact) mass is 425 g/mol. The molecule has 0 atom stereocenters. The maximum Gasteiger partial charge on any atom is 0.340 e. The molecule has 30 heavy (non-hydrogen) atoms. The Kier molecular flexibility index (Phi) is 6.24. The van der Waals surface area contributed by atoms with Crippen molar-refractivity contribution in [3.05, 3.63) is 78.0 Å². The summed E-state index contributed by atoms with van der Waals surface area (Å²) in [7, 11) is -3.89. The fourth-order valence-electron chi connectivity index (χ4n) is 2.70. The zero-order chi connectivity index (χ0) is 21.7. The number of sulfonamides is 1. The number of pyridine rings is 1. The summed E-state index contributed by atoms with van der Waals surface area (Å²) in [6.45, 7) is 1.14. The Bertz CT molecular complexity index is 1190. The molecule has 3 N–H and O–H groups in total. The quantitative estimate of drug-likeness (QED) is 0.584. The number of esters is 1. The van der Waals surface area contributed by atoms with Gasteiger partial charge in [0.15, 0.2) is 6.61 Å². The number of hydrogen-bond donors (Lipinski definition) is 2. The Balaban J connectivity index is 1.62. The van der Waals surface area contributed by atoms with Crippen LogP contribution in [-0.4, -0.2) is 31.9 Å². The molecule has 9 heteroatoms. The number of rotatable bonds is 6. The number of nitrogens with one attached hydrogen (secondary N) is 1. The van der Waals surface area contributed by atoms with E-state index in [4.69, 9.17) is 9.88 Å². The van der Waals surface area contributed by atoms with Gasteiger partial charge in [-0.1, -0.05) is 36.4 Å². The molecule has 3 aromatic rings. The van der Waals surface area contributed by atoms with E-state index in [0.29, 0.717) is 5.69 Å². The second-order valence-corrected chi connectivity index (χ2v) is 7.95. The van der Waals surface area contributed by atoms with Crippen LogP contribution >= 0.6 is 0 Å². The third-order valence-corrected chi connectivity index (χ3v) is 5.07. The van der Waals surface area contributed by atoms with Crippen molar-refractivity contribution in [1.82, 2.24) is 4.98 Å². The van der Waals surface area contributed by atoms with Crippen molar-refractivity contribution < 1.29 is 22.7 Å². The highest BCUT2D eigenvalue weighted by atomic mass is 32.2. The molecule has 2 aromatic carbocycles. The van der Waals surface area contributed by atoms with Gasteiger partial charge in [-0.05, 0) is 37.3 Å². The van der Waals surface area contributed by atoms with Gasteiger partial charge in [0.2, 0.25) is 10.0 Å². The summed E-state index contributed by atoms with van der Waals surface area (Å²) in [6, 6.07) is 18.3. The first-order chi connectivity index (χ1) is 14.2. The zero-order valence-electron chi connectivity index (χ0n) is 16.0. The maximum absolute atomic E-state index is 12.3. The molecule has 0 aliphatic carbocycles. The van der Waals surface area contributed by atoms with Gasteiger partial charge in [0, 0.05) is 11.3 Å². The Morgan fingerprint density at radius 2 is 1.77 bits per heavy atom. The molecule has 0 spiro atoms. The molecule has 1 heterocycles. The Hall–Kier alpha value is -3.56. The minimum absolute atomic E-state index is 0.141. The van der Waals surface area contributed by atoms with Crippen molar-refractivity contribution in [3.8, 4) is 11.3 Å². The Morgan fingerprint density at radius 1 is 1.03 bits per heavy atom. The van der Waals surface area contributed by atoms with Crippen LogP contribution in [0.5, 0.6) is 0 Å². The fourth-order valence-corrected chi connectivity index (χ4v) is 3.26. The van der Waals surface area contributed by atoms with Gasteiger partial charge >= 0.3 is 5.97 Å². The van der Waals surface area contributed by atoms with Gasteiger partial charge in [0.25, 0.3) is 5.91 Å².